The van der Waals surface area contributed by atoms with Gasteiger partial charge in [-0.15, -0.1) is 0 Å². The Morgan fingerprint density at radius 2 is 1.70 bits per heavy atom. The minimum atomic E-state index is -0.319. The minimum Gasteiger partial charge on any atom is -0.400 e. The molecular formula is C20H36BN3O3. The van der Waals surface area contributed by atoms with Crippen molar-refractivity contribution in [3.05, 3.63) is 11.5 Å². The van der Waals surface area contributed by atoms with Crippen LogP contribution in [0.25, 0.3) is 0 Å². The van der Waals surface area contributed by atoms with Gasteiger partial charge in [0.25, 0.3) is 0 Å². The first kappa shape index (κ1) is 20.7. The van der Waals surface area contributed by atoms with Gasteiger partial charge in [0.1, 0.15) is 0 Å². The van der Waals surface area contributed by atoms with Gasteiger partial charge in [0, 0.05) is 26.2 Å². The van der Waals surface area contributed by atoms with Gasteiger partial charge in [0.2, 0.25) is 0 Å². The fraction of sp³-hybridized carbons (Fsp3) is 0.850. The van der Waals surface area contributed by atoms with Crippen LogP contribution in [0.4, 0.5) is 4.79 Å². The lowest BCUT2D eigenvalue weighted by molar-refractivity contribution is 0.00578. The second-order valence-electron chi connectivity index (χ2n) is 9.05. The summed E-state index contributed by atoms with van der Waals surface area (Å²) in [5.74, 6) is 0. The van der Waals surface area contributed by atoms with Crippen molar-refractivity contribution < 1.29 is 14.1 Å². The lowest BCUT2D eigenvalue weighted by Gasteiger charge is -2.32. The minimum absolute atomic E-state index is 0.0361. The van der Waals surface area contributed by atoms with Crippen LogP contribution in [-0.2, 0) is 9.31 Å². The molecule has 2 saturated heterocycles. The maximum atomic E-state index is 12.4. The first-order valence-corrected chi connectivity index (χ1v) is 10.6. The van der Waals surface area contributed by atoms with E-state index in [0.717, 1.165) is 25.0 Å². The highest BCUT2D eigenvalue weighted by Gasteiger charge is 2.52. The molecule has 7 heteroatoms. The van der Waals surface area contributed by atoms with Crippen molar-refractivity contribution in [1.82, 2.24) is 15.1 Å². The molecule has 0 aromatic rings. The Balaban J connectivity index is 1.42. The molecule has 3 heterocycles. The molecule has 0 saturated carbocycles. The number of carbonyl (C=O) groups excluding carboxylic acids is 1. The number of nitrogens with one attached hydrogen (secondary N) is 1. The number of likely N-dealkylation sites (tertiary alicyclic amines) is 1. The van der Waals surface area contributed by atoms with Gasteiger partial charge in [-0.1, -0.05) is 18.9 Å². The fourth-order valence-electron chi connectivity index (χ4n) is 3.87. The summed E-state index contributed by atoms with van der Waals surface area (Å²) in [7, 11) is -0.289. The van der Waals surface area contributed by atoms with E-state index in [1.165, 1.54) is 38.8 Å². The van der Waals surface area contributed by atoms with Crippen LogP contribution in [0.1, 0.15) is 59.8 Å². The number of amides is 2. The topological polar surface area (TPSA) is 54.0 Å². The Labute approximate surface area is 164 Å². The van der Waals surface area contributed by atoms with Gasteiger partial charge in [0.05, 0.1) is 11.2 Å². The van der Waals surface area contributed by atoms with Gasteiger partial charge < -0.3 is 24.4 Å². The van der Waals surface area contributed by atoms with Crippen molar-refractivity contribution in [2.75, 3.05) is 39.3 Å². The zero-order chi connectivity index (χ0) is 19.5. The average molecular weight is 377 g/mol. The quantitative estimate of drug-likeness (QED) is 0.766. The van der Waals surface area contributed by atoms with E-state index >= 15 is 0 Å². The number of hydrogen-bond acceptors (Lipinski definition) is 4. The Hall–Kier alpha value is -1.05. The first-order valence-electron chi connectivity index (χ1n) is 10.6. The molecule has 0 aliphatic carbocycles. The van der Waals surface area contributed by atoms with Crippen LogP contribution in [-0.4, -0.2) is 73.4 Å². The molecule has 27 heavy (non-hydrogen) atoms. The van der Waals surface area contributed by atoms with Crippen LogP contribution in [0.5, 0.6) is 0 Å². The number of rotatable bonds is 4. The van der Waals surface area contributed by atoms with Crippen molar-refractivity contribution in [3.63, 3.8) is 0 Å². The standard InChI is InChI=1S/C20H36BN3O3/c1-19(2)20(3,4)27-21(26-19)17-9-14-24(15-10-17)18(25)22-11-16-23-12-7-5-6-8-13-23/h9H,5-8,10-16H2,1-4H3,(H,22,25). The molecule has 0 spiro atoms. The molecule has 152 valence electrons. The largest absolute Gasteiger partial charge is 0.490 e. The van der Waals surface area contributed by atoms with E-state index in [9.17, 15) is 4.79 Å². The average Bonchev–Trinajstić information content (AvgIpc) is 2.80. The highest BCUT2D eigenvalue weighted by molar-refractivity contribution is 6.54. The monoisotopic (exact) mass is 377 g/mol. The second-order valence-corrected chi connectivity index (χ2v) is 9.05. The third kappa shape index (κ3) is 5.06. The maximum Gasteiger partial charge on any atom is 0.490 e. The smallest absolute Gasteiger partial charge is 0.400 e. The first-order chi connectivity index (χ1) is 12.8. The number of hydrogen-bond donors (Lipinski definition) is 1. The molecule has 6 nitrogen and oxygen atoms in total. The van der Waals surface area contributed by atoms with E-state index in [-0.39, 0.29) is 24.4 Å². The van der Waals surface area contributed by atoms with E-state index in [1.54, 1.807) is 0 Å². The zero-order valence-electron chi connectivity index (χ0n) is 17.6. The Bertz CT molecular complexity index is 541. The lowest BCUT2D eigenvalue weighted by atomic mass is 9.75. The van der Waals surface area contributed by atoms with E-state index in [2.05, 4.69) is 44.0 Å². The highest BCUT2D eigenvalue weighted by Crippen LogP contribution is 2.39. The molecular weight excluding hydrogens is 341 g/mol. The van der Waals surface area contributed by atoms with Gasteiger partial charge in [-0.3, -0.25) is 0 Å². The zero-order valence-corrected chi connectivity index (χ0v) is 17.6. The van der Waals surface area contributed by atoms with E-state index in [1.807, 2.05) is 4.90 Å². The summed E-state index contributed by atoms with van der Waals surface area (Å²) in [5, 5.41) is 3.08. The Morgan fingerprint density at radius 1 is 1.07 bits per heavy atom. The molecule has 3 rings (SSSR count). The summed E-state index contributed by atoms with van der Waals surface area (Å²) < 4.78 is 12.3. The molecule has 0 aromatic heterocycles. The molecule has 0 atom stereocenters. The number of carbonyl (C=O) groups is 1. The van der Waals surface area contributed by atoms with E-state index in [0.29, 0.717) is 13.1 Å². The van der Waals surface area contributed by atoms with Crippen molar-refractivity contribution in [1.29, 1.82) is 0 Å². The van der Waals surface area contributed by atoms with Crippen LogP contribution >= 0.6 is 0 Å². The molecule has 0 unspecified atom stereocenters. The summed E-state index contributed by atoms with van der Waals surface area (Å²) in [6.07, 6.45) is 8.15. The molecule has 1 N–H and O–H groups in total. The van der Waals surface area contributed by atoms with Gasteiger partial charge in [-0.25, -0.2) is 4.79 Å². The van der Waals surface area contributed by atoms with Gasteiger partial charge >= 0.3 is 13.1 Å². The Morgan fingerprint density at radius 3 is 2.26 bits per heavy atom. The third-order valence-corrected chi connectivity index (χ3v) is 6.49. The lowest BCUT2D eigenvalue weighted by Crippen LogP contribution is -2.45. The predicted molar refractivity (Wildman–Crippen MR) is 109 cm³/mol. The van der Waals surface area contributed by atoms with Crippen LogP contribution < -0.4 is 5.32 Å². The molecule has 3 aliphatic rings. The fourth-order valence-corrected chi connectivity index (χ4v) is 3.87. The molecule has 2 fully saturated rings. The van der Waals surface area contributed by atoms with Crippen LogP contribution in [0.3, 0.4) is 0 Å². The van der Waals surface area contributed by atoms with Crippen molar-refractivity contribution in [3.8, 4) is 0 Å². The SMILES string of the molecule is CC1(C)OB(C2=CCN(C(=O)NCCN3CCCCCC3)CC2)OC1(C)C. The summed E-state index contributed by atoms with van der Waals surface area (Å²) in [4.78, 5) is 16.8. The van der Waals surface area contributed by atoms with Crippen molar-refractivity contribution >= 4 is 13.1 Å². The van der Waals surface area contributed by atoms with Crippen molar-refractivity contribution in [2.45, 2.75) is 71.0 Å². The number of nitrogens with zero attached hydrogens (tertiary/aromatic N) is 2. The van der Waals surface area contributed by atoms with E-state index < -0.39 is 0 Å². The molecule has 3 aliphatic heterocycles. The highest BCUT2D eigenvalue weighted by atomic mass is 16.7. The normalized spacial score (nSPS) is 25.9. The molecule has 0 bridgehead atoms. The Kier molecular flexibility index (Phi) is 6.54. The maximum absolute atomic E-state index is 12.4. The second kappa shape index (κ2) is 8.54. The number of urea groups is 1. The van der Waals surface area contributed by atoms with Gasteiger partial charge in [-0.2, -0.15) is 0 Å². The molecule has 0 aromatic carbocycles. The summed E-state index contributed by atoms with van der Waals surface area (Å²) >= 11 is 0. The van der Waals surface area contributed by atoms with Gasteiger partial charge in [0.15, 0.2) is 0 Å². The van der Waals surface area contributed by atoms with Crippen LogP contribution in [0.15, 0.2) is 11.5 Å². The molecule has 2 amide bonds. The third-order valence-electron chi connectivity index (χ3n) is 6.49. The predicted octanol–water partition coefficient (Wildman–Crippen LogP) is 2.84. The summed E-state index contributed by atoms with van der Waals surface area (Å²) in [6.45, 7) is 13.6. The van der Waals surface area contributed by atoms with Crippen molar-refractivity contribution in [2.24, 2.45) is 0 Å². The van der Waals surface area contributed by atoms with E-state index in [4.69, 9.17) is 9.31 Å². The van der Waals surface area contributed by atoms with Crippen LogP contribution in [0.2, 0.25) is 0 Å². The van der Waals surface area contributed by atoms with Gasteiger partial charge in [-0.05, 0) is 65.5 Å². The summed E-state index contributed by atoms with van der Waals surface area (Å²) in [5.41, 5.74) is 0.517. The molecule has 0 radical (unpaired) electrons. The van der Waals surface area contributed by atoms with Crippen LogP contribution in [0, 0.1) is 0 Å². The summed E-state index contributed by atoms with van der Waals surface area (Å²) in [6, 6.07) is 0.0361.